The van der Waals surface area contributed by atoms with Gasteiger partial charge in [-0.15, -0.1) is 0 Å². The summed E-state index contributed by atoms with van der Waals surface area (Å²) in [5.74, 6) is 1.07. The quantitative estimate of drug-likeness (QED) is 0.558. The fourth-order valence-electron chi connectivity index (χ4n) is 3.07. The van der Waals surface area contributed by atoms with Crippen molar-refractivity contribution >= 4 is 17.0 Å². The Morgan fingerprint density at radius 3 is 2.68 bits per heavy atom. The van der Waals surface area contributed by atoms with Gasteiger partial charge in [-0.3, -0.25) is 4.79 Å². The van der Waals surface area contributed by atoms with Crippen LogP contribution in [0.2, 0.25) is 0 Å². The van der Waals surface area contributed by atoms with E-state index in [0.29, 0.717) is 33.8 Å². The first-order valence-electron chi connectivity index (χ1n) is 8.82. The summed E-state index contributed by atoms with van der Waals surface area (Å²) >= 11 is 0. The molecule has 4 rings (SSSR count). The molecule has 142 valence electrons. The number of ether oxygens (including phenoxy) is 1. The van der Waals surface area contributed by atoms with Crippen LogP contribution in [0.4, 0.5) is 0 Å². The van der Waals surface area contributed by atoms with Crippen LogP contribution in [0, 0.1) is 6.92 Å². The minimum Gasteiger partial charge on any atom is -0.497 e. The maximum Gasteiger partial charge on any atom is 0.259 e. The van der Waals surface area contributed by atoms with E-state index in [-0.39, 0.29) is 11.9 Å². The molecule has 0 aliphatic carbocycles. The molecule has 1 atom stereocenters. The second-order valence-electron chi connectivity index (χ2n) is 6.45. The van der Waals surface area contributed by atoms with Gasteiger partial charge in [0.15, 0.2) is 5.76 Å². The minimum atomic E-state index is -0.241. The van der Waals surface area contributed by atoms with E-state index in [2.05, 4.69) is 15.5 Å². The highest BCUT2D eigenvalue weighted by Gasteiger charge is 2.21. The molecule has 0 fully saturated rings. The van der Waals surface area contributed by atoms with Crippen molar-refractivity contribution in [2.45, 2.75) is 19.9 Å². The van der Waals surface area contributed by atoms with Crippen LogP contribution in [0.1, 0.15) is 34.6 Å². The van der Waals surface area contributed by atoms with E-state index in [1.807, 2.05) is 31.2 Å². The van der Waals surface area contributed by atoms with Gasteiger partial charge in [-0.05, 0) is 49.7 Å². The fraction of sp³-hybridized carbons (Fsp3) is 0.190. The number of fused-ring (bicyclic) bond motifs is 1. The normalized spacial score (nSPS) is 12.1. The van der Waals surface area contributed by atoms with Gasteiger partial charge in [0.05, 0.1) is 36.1 Å². The summed E-state index contributed by atoms with van der Waals surface area (Å²) in [5, 5.41) is 7.57. The number of carbonyl (C=O) groups is 1. The van der Waals surface area contributed by atoms with Gasteiger partial charge in [0, 0.05) is 0 Å². The molecular weight excluding hydrogens is 358 g/mol. The van der Waals surface area contributed by atoms with Gasteiger partial charge < -0.3 is 19.0 Å². The van der Waals surface area contributed by atoms with Gasteiger partial charge in [-0.1, -0.05) is 17.3 Å². The number of benzene rings is 1. The van der Waals surface area contributed by atoms with E-state index < -0.39 is 0 Å². The number of aromatic nitrogens is 2. The lowest BCUT2D eigenvalue weighted by Gasteiger charge is -2.15. The van der Waals surface area contributed by atoms with E-state index >= 15 is 0 Å². The standard InChI is InChI=1S/C21H19N3O4/c1-12(14-6-8-15(26-3)9-7-14)22-20(25)16-11-17(18-5-4-10-27-18)23-21-19(16)13(2)24-28-21/h4-12H,1-3H3,(H,22,25)/t12-/m0/s1. The summed E-state index contributed by atoms with van der Waals surface area (Å²) < 4.78 is 15.9. The molecule has 0 saturated carbocycles. The zero-order valence-corrected chi connectivity index (χ0v) is 15.7. The van der Waals surface area contributed by atoms with Crippen LogP contribution in [-0.2, 0) is 0 Å². The lowest BCUT2D eigenvalue weighted by Crippen LogP contribution is -2.27. The number of nitrogens with one attached hydrogen (secondary N) is 1. The minimum absolute atomic E-state index is 0.200. The number of aryl methyl sites for hydroxylation is 1. The van der Waals surface area contributed by atoms with Crippen LogP contribution in [-0.4, -0.2) is 23.2 Å². The van der Waals surface area contributed by atoms with Crippen LogP contribution >= 0.6 is 0 Å². The summed E-state index contributed by atoms with van der Waals surface area (Å²) in [7, 11) is 1.62. The van der Waals surface area contributed by atoms with Crippen molar-refractivity contribution in [2.75, 3.05) is 7.11 Å². The number of pyridine rings is 1. The lowest BCUT2D eigenvalue weighted by atomic mass is 10.1. The average Bonchev–Trinajstić information content (AvgIpc) is 3.37. The third-order valence-corrected chi connectivity index (χ3v) is 4.60. The Balaban J connectivity index is 1.68. The summed E-state index contributed by atoms with van der Waals surface area (Å²) in [6, 6.07) is 12.6. The maximum absolute atomic E-state index is 13.1. The summed E-state index contributed by atoms with van der Waals surface area (Å²) in [5.41, 5.74) is 2.82. The van der Waals surface area contributed by atoms with Crippen molar-refractivity contribution in [3.8, 4) is 17.2 Å². The molecule has 0 radical (unpaired) electrons. The van der Waals surface area contributed by atoms with Gasteiger partial charge in [-0.25, -0.2) is 4.98 Å². The number of carbonyl (C=O) groups excluding carboxylic acids is 1. The SMILES string of the molecule is COc1ccc([C@H](C)NC(=O)c2cc(-c3ccco3)nc3onc(C)c23)cc1. The van der Waals surface area contributed by atoms with Gasteiger partial charge in [0.1, 0.15) is 11.4 Å². The van der Waals surface area contributed by atoms with Gasteiger partial charge in [-0.2, -0.15) is 0 Å². The first-order chi connectivity index (χ1) is 13.6. The Hall–Kier alpha value is -3.61. The highest BCUT2D eigenvalue weighted by Crippen LogP contribution is 2.28. The summed E-state index contributed by atoms with van der Waals surface area (Å²) in [6.07, 6.45) is 1.55. The predicted molar refractivity (Wildman–Crippen MR) is 103 cm³/mol. The monoisotopic (exact) mass is 377 g/mol. The molecule has 1 N–H and O–H groups in total. The molecule has 0 unspecified atom stereocenters. The smallest absolute Gasteiger partial charge is 0.259 e. The van der Waals surface area contributed by atoms with E-state index in [4.69, 9.17) is 13.7 Å². The molecule has 1 amide bonds. The Kier molecular flexibility index (Phi) is 4.57. The predicted octanol–water partition coefficient (Wildman–Crippen LogP) is 4.29. The molecular formula is C21H19N3O4. The largest absolute Gasteiger partial charge is 0.497 e. The van der Waals surface area contributed by atoms with Crippen molar-refractivity contribution in [3.05, 3.63) is 65.5 Å². The lowest BCUT2D eigenvalue weighted by molar-refractivity contribution is 0.0941. The van der Waals surface area contributed by atoms with Gasteiger partial charge >= 0.3 is 0 Å². The highest BCUT2D eigenvalue weighted by molar-refractivity contribution is 6.07. The van der Waals surface area contributed by atoms with Crippen molar-refractivity contribution < 1.29 is 18.5 Å². The number of furan rings is 1. The first-order valence-corrected chi connectivity index (χ1v) is 8.82. The molecule has 7 heteroatoms. The maximum atomic E-state index is 13.1. The topological polar surface area (TPSA) is 90.4 Å². The average molecular weight is 377 g/mol. The van der Waals surface area contributed by atoms with E-state index in [0.717, 1.165) is 11.3 Å². The number of hydrogen-bond acceptors (Lipinski definition) is 6. The molecule has 0 spiro atoms. The van der Waals surface area contributed by atoms with Crippen LogP contribution in [0.25, 0.3) is 22.6 Å². The zero-order chi connectivity index (χ0) is 19.7. The number of amides is 1. The summed E-state index contributed by atoms with van der Waals surface area (Å²) in [4.78, 5) is 17.5. The second-order valence-corrected chi connectivity index (χ2v) is 6.45. The Bertz CT molecular complexity index is 1110. The Labute approximate surface area is 161 Å². The summed E-state index contributed by atoms with van der Waals surface area (Å²) in [6.45, 7) is 3.70. The number of methoxy groups -OCH3 is 1. The molecule has 1 aromatic carbocycles. The Morgan fingerprint density at radius 2 is 2.00 bits per heavy atom. The van der Waals surface area contributed by atoms with Crippen LogP contribution < -0.4 is 10.1 Å². The highest BCUT2D eigenvalue weighted by atomic mass is 16.5. The van der Waals surface area contributed by atoms with E-state index in [1.165, 1.54) is 0 Å². The van der Waals surface area contributed by atoms with Crippen molar-refractivity contribution in [1.29, 1.82) is 0 Å². The first kappa shape index (κ1) is 17.8. The molecule has 4 aromatic rings. The van der Waals surface area contributed by atoms with Crippen molar-refractivity contribution in [1.82, 2.24) is 15.5 Å². The van der Waals surface area contributed by atoms with Crippen LogP contribution in [0.3, 0.4) is 0 Å². The van der Waals surface area contributed by atoms with Crippen molar-refractivity contribution in [2.24, 2.45) is 0 Å². The van der Waals surface area contributed by atoms with Crippen molar-refractivity contribution in [3.63, 3.8) is 0 Å². The van der Waals surface area contributed by atoms with Crippen LogP contribution in [0.5, 0.6) is 5.75 Å². The Morgan fingerprint density at radius 1 is 1.21 bits per heavy atom. The third kappa shape index (κ3) is 3.22. The molecule has 3 heterocycles. The molecule has 0 aliphatic rings. The van der Waals surface area contributed by atoms with Gasteiger partial charge in [0.2, 0.25) is 0 Å². The fourth-order valence-corrected chi connectivity index (χ4v) is 3.07. The van der Waals surface area contributed by atoms with Gasteiger partial charge in [0.25, 0.3) is 11.6 Å². The number of rotatable bonds is 5. The van der Waals surface area contributed by atoms with E-state index in [1.54, 1.807) is 38.5 Å². The molecule has 0 bridgehead atoms. The molecule has 28 heavy (non-hydrogen) atoms. The second kappa shape index (κ2) is 7.19. The van der Waals surface area contributed by atoms with E-state index in [9.17, 15) is 4.79 Å². The van der Waals surface area contributed by atoms with Crippen LogP contribution in [0.15, 0.2) is 57.7 Å². The molecule has 0 aliphatic heterocycles. The third-order valence-electron chi connectivity index (χ3n) is 4.60. The zero-order valence-electron chi connectivity index (χ0n) is 15.7. The number of nitrogens with zero attached hydrogens (tertiary/aromatic N) is 2. The number of hydrogen-bond donors (Lipinski definition) is 1. The molecule has 3 aromatic heterocycles. The molecule has 0 saturated heterocycles. The molecule has 7 nitrogen and oxygen atoms in total.